The van der Waals surface area contributed by atoms with Gasteiger partial charge in [-0.1, -0.05) is 36.4 Å². The Balaban J connectivity index is 2.32. The fraction of sp³-hybridized carbons (Fsp3) is 0.188. The number of benzene rings is 2. The van der Waals surface area contributed by atoms with Gasteiger partial charge in [0.1, 0.15) is 5.82 Å². The number of fused-ring (bicyclic) bond motifs is 1. The summed E-state index contributed by atoms with van der Waals surface area (Å²) in [5.41, 5.74) is 11.4. The Labute approximate surface area is 112 Å². The van der Waals surface area contributed by atoms with E-state index in [2.05, 4.69) is 36.7 Å². The second-order valence-electron chi connectivity index (χ2n) is 4.80. The molecular weight excluding hydrogens is 234 g/mol. The van der Waals surface area contributed by atoms with Gasteiger partial charge in [-0.05, 0) is 24.1 Å². The lowest BCUT2D eigenvalue weighted by molar-refractivity contribution is 0.957. The average Bonchev–Trinajstić information content (AvgIpc) is 2.77. The normalized spacial score (nSPS) is 11.1. The van der Waals surface area contributed by atoms with E-state index in [1.54, 1.807) is 0 Å². The summed E-state index contributed by atoms with van der Waals surface area (Å²) in [5.74, 6) is 0.994. The quantitative estimate of drug-likeness (QED) is 0.761. The smallest absolute Gasteiger partial charge is 0.141 e. The second-order valence-corrected chi connectivity index (χ2v) is 4.80. The van der Waals surface area contributed by atoms with Crippen molar-refractivity contribution >= 4 is 11.0 Å². The molecular formula is C16H17N3. The summed E-state index contributed by atoms with van der Waals surface area (Å²) in [6.45, 7) is 2.63. The number of aromatic nitrogens is 2. The van der Waals surface area contributed by atoms with E-state index in [0.717, 1.165) is 22.4 Å². The maximum atomic E-state index is 5.79. The van der Waals surface area contributed by atoms with Gasteiger partial charge in [0.2, 0.25) is 0 Å². The molecule has 3 aromatic rings. The summed E-state index contributed by atoms with van der Waals surface area (Å²) in [4.78, 5) is 4.80. The van der Waals surface area contributed by atoms with Crippen LogP contribution in [0.2, 0.25) is 0 Å². The summed E-state index contributed by atoms with van der Waals surface area (Å²) in [6.07, 6.45) is 0. The van der Waals surface area contributed by atoms with Gasteiger partial charge in [0.25, 0.3) is 0 Å². The molecule has 2 N–H and O–H groups in total. The van der Waals surface area contributed by atoms with Gasteiger partial charge in [0.15, 0.2) is 0 Å². The van der Waals surface area contributed by atoms with Gasteiger partial charge in [-0.3, -0.25) is 0 Å². The Morgan fingerprint density at radius 2 is 1.89 bits per heavy atom. The number of hydrogen-bond acceptors (Lipinski definition) is 2. The van der Waals surface area contributed by atoms with Crippen LogP contribution in [0.4, 0.5) is 0 Å². The highest BCUT2D eigenvalue weighted by Gasteiger charge is 2.13. The largest absolute Gasteiger partial charge is 0.327 e. The molecule has 0 saturated heterocycles. The van der Waals surface area contributed by atoms with Crippen molar-refractivity contribution in [2.75, 3.05) is 0 Å². The number of aryl methyl sites for hydroxylation is 2. The monoisotopic (exact) mass is 251 g/mol. The number of imidazole rings is 1. The van der Waals surface area contributed by atoms with Crippen LogP contribution in [0.1, 0.15) is 11.1 Å². The van der Waals surface area contributed by atoms with Crippen molar-refractivity contribution < 1.29 is 0 Å². The first-order valence-electron chi connectivity index (χ1n) is 6.42. The Bertz CT molecular complexity index is 741. The molecule has 0 aliphatic heterocycles. The highest BCUT2D eigenvalue weighted by molar-refractivity contribution is 5.84. The molecule has 0 bridgehead atoms. The van der Waals surface area contributed by atoms with E-state index in [1.807, 2.05) is 24.3 Å². The van der Waals surface area contributed by atoms with Gasteiger partial charge >= 0.3 is 0 Å². The van der Waals surface area contributed by atoms with Gasteiger partial charge in [-0.15, -0.1) is 0 Å². The maximum Gasteiger partial charge on any atom is 0.141 e. The SMILES string of the molecule is Cc1ccccc1-c1nc2c(CN)cccc2n1C. The molecule has 0 spiro atoms. The van der Waals surface area contributed by atoms with Crippen LogP contribution in [0.25, 0.3) is 22.4 Å². The number of nitrogens with two attached hydrogens (primary N) is 1. The number of rotatable bonds is 2. The summed E-state index contributed by atoms with van der Waals surface area (Å²) in [6, 6.07) is 14.5. The topological polar surface area (TPSA) is 43.8 Å². The minimum absolute atomic E-state index is 0.515. The molecule has 0 aliphatic carbocycles. The first kappa shape index (κ1) is 11.9. The molecule has 96 valence electrons. The lowest BCUT2D eigenvalue weighted by Gasteiger charge is -2.05. The molecule has 2 aromatic carbocycles. The van der Waals surface area contributed by atoms with Gasteiger partial charge in [-0.25, -0.2) is 4.98 Å². The van der Waals surface area contributed by atoms with Crippen LogP contribution in [-0.4, -0.2) is 9.55 Å². The second kappa shape index (κ2) is 4.52. The van der Waals surface area contributed by atoms with Crippen molar-refractivity contribution in [2.45, 2.75) is 13.5 Å². The van der Waals surface area contributed by atoms with Crippen LogP contribution < -0.4 is 5.73 Å². The minimum Gasteiger partial charge on any atom is -0.327 e. The number of hydrogen-bond donors (Lipinski definition) is 1. The van der Waals surface area contributed by atoms with Crippen molar-refractivity contribution in [3.8, 4) is 11.4 Å². The zero-order chi connectivity index (χ0) is 13.4. The molecule has 0 aliphatic rings. The Morgan fingerprint density at radius 3 is 2.63 bits per heavy atom. The molecule has 0 unspecified atom stereocenters. The van der Waals surface area contributed by atoms with Gasteiger partial charge in [0.05, 0.1) is 11.0 Å². The number of nitrogens with zero attached hydrogens (tertiary/aromatic N) is 2. The fourth-order valence-electron chi connectivity index (χ4n) is 2.50. The molecule has 0 radical (unpaired) electrons. The molecule has 1 heterocycles. The molecule has 3 nitrogen and oxygen atoms in total. The predicted octanol–water partition coefficient (Wildman–Crippen LogP) is 3.01. The lowest BCUT2D eigenvalue weighted by atomic mass is 10.1. The standard InChI is InChI=1S/C16H17N3/c1-11-6-3-4-8-13(11)16-18-15-12(10-17)7-5-9-14(15)19(16)2/h3-9H,10,17H2,1-2H3. The molecule has 3 heteroatoms. The molecule has 0 amide bonds. The van der Waals surface area contributed by atoms with E-state index < -0.39 is 0 Å². The molecule has 0 saturated carbocycles. The van der Waals surface area contributed by atoms with Crippen molar-refractivity contribution in [3.63, 3.8) is 0 Å². The lowest BCUT2D eigenvalue weighted by Crippen LogP contribution is -1.97. The highest BCUT2D eigenvalue weighted by Crippen LogP contribution is 2.27. The Kier molecular flexibility index (Phi) is 2.84. The zero-order valence-corrected chi connectivity index (χ0v) is 11.2. The van der Waals surface area contributed by atoms with Crippen LogP contribution in [-0.2, 0) is 13.6 Å². The summed E-state index contributed by atoms with van der Waals surface area (Å²) in [5, 5.41) is 0. The van der Waals surface area contributed by atoms with E-state index >= 15 is 0 Å². The molecule has 3 rings (SSSR count). The first-order valence-corrected chi connectivity index (χ1v) is 6.42. The van der Waals surface area contributed by atoms with Gasteiger partial charge < -0.3 is 10.3 Å². The third-order valence-electron chi connectivity index (χ3n) is 3.60. The van der Waals surface area contributed by atoms with Crippen LogP contribution in [0, 0.1) is 6.92 Å². The zero-order valence-electron chi connectivity index (χ0n) is 11.2. The third-order valence-corrected chi connectivity index (χ3v) is 3.60. The minimum atomic E-state index is 0.515. The van der Waals surface area contributed by atoms with Crippen LogP contribution in [0.5, 0.6) is 0 Å². The number of para-hydroxylation sites is 1. The average molecular weight is 251 g/mol. The third kappa shape index (κ3) is 1.83. The summed E-state index contributed by atoms with van der Waals surface area (Å²) in [7, 11) is 2.05. The van der Waals surface area contributed by atoms with Crippen molar-refractivity contribution in [3.05, 3.63) is 53.6 Å². The Hall–Kier alpha value is -2.13. The Morgan fingerprint density at radius 1 is 1.11 bits per heavy atom. The molecule has 0 fully saturated rings. The summed E-state index contributed by atoms with van der Waals surface area (Å²) >= 11 is 0. The van der Waals surface area contributed by atoms with Crippen molar-refractivity contribution in [1.82, 2.24) is 9.55 Å². The molecule has 1 aromatic heterocycles. The van der Waals surface area contributed by atoms with Crippen LogP contribution >= 0.6 is 0 Å². The molecule has 19 heavy (non-hydrogen) atoms. The highest BCUT2D eigenvalue weighted by atomic mass is 15.1. The molecule has 0 atom stereocenters. The van der Waals surface area contributed by atoms with Crippen LogP contribution in [0.3, 0.4) is 0 Å². The van der Waals surface area contributed by atoms with E-state index in [-0.39, 0.29) is 0 Å². The van der Waals surface area contributed by atoms with Gasteiger partial charge in [0, 0.05) is 19.2 Å². The van der Waals surface area contributed by atoms with E-state index in [0.29, 0.717) is 6.54 Å². The van der Waals surface area contributed by atoms with Crippen molar-refractivity contribution in [2.24, 2.45) is 12.8 Å². The fourth-order valence-corrected chi connectivity index (χ4v) is 2.50. The predicted molar refractivity (Wildman–Crippen MR) is 78.8 cm³/mol. The first-order chi connectivity index (χ1) is 9.22. The maximum absolute atomic E-state index is 5.79. The van der Waals surface area contributed by atoms with Crippen molar-refractivity contribution in [1.29, 1.82) is 0 Å². The van der Waals surface area contributed by atoms with E-state index in [1.165, 1.54) is 11.1 Å². The van der Waals surface area contributed by atoms with E-state index in [4.69, 9.17) is 10.7 Å². The van der Waals surface area contributed by atoms with Gasteiger partial charge in [-0.2, -0.15) is 0 Å². The van der Waals surface area contributed by atoms with E-state index in [9.17, 15) is 0 Å². The summed E-state index contributed by atoms with van der Waals surface area (Å²) < 4.78 is 2.14. The van der Waals surface area contributed by atoms with Crippen LogP contribution in [0.15, 0.2) is 42.5 Å².